The zero-order chi connectivity index (χ0) is 22.7. The molecule has 0 atom stereocenters. The second kappa shape index (κ2) is 8.77. The van der Waals surface area contributed by atoms with Crippen molar-refractivity contribution >= 4 is 22.6 Å². The van der Waals surface area contributed by atoms with Crippen LogP contribution in [0.5, 0.6) is 11.5 Å². The number of rotatable bonds is 6. The van der Waals surface area contributed by atoms with Gasteiger partial charge >= 0.3 is 5.97 Å². The van der Waals surface area contributed by atoms with Crippen molar-refractivity contribution in [3.05, 3.63) is 101 Å². The van der Waals surface area contributed by atoms with Crippen LogP contribution in [0.3, 0.4) is 0 Å². The van der Waals surface area contributed by atoms with Gasteiger partial charge in [0.05, 0.1) is 5.56 Å². The number of hydrogen-bond acceptors (Lipinski definition) is 5. The predicted molar refractivity (Wildman–Crippen MR) is 119 cm³/mol. The van der Waals surface area contributed by atoms with Crippen LogP contribution in [0, 0.1) is 0 Å². The lowest BCUT2D eigenvalue weighted by Crippen LogP contribution is -2.22. The van der Waals surface area contributed by atoms with Gasteiger partial charge in [0, 0.05) is 41.9 Å². The molecule has 0 aliphatic carbocycles. The predicted octanol–water partition coefficient (Wildman–Crippen LogP) is 3.87. The summed E-state index contributed by atoms with van der Waals surface area (Å²) in [5.74, 6) is -1.51. The Morgan fingerprint density at radius 3 is 2.22 bits per heavy atom. The van der Waals surface area contributed by atoms with Gasteiger partial charge in [0.25, 0.3) is 5.91 Å². The number of nitrogens with one attached hydrogen (secondary N) is 1. The van der Waals surface area contributed by atoms with Crippen LogP contribution in [0.2, 0.25) is 0 Å². The number of benzene rings is 3. The maximum atomic E-state index is 12.6. The van der Waals surface area contributed by atoms with Crippen molar-refractivity contribution in [2.45, 2.75) is 13.0 Å². The van der Waals surface area contributed by atoms with Crippen LogP contribution < -0.4 is 5.32 Å². The quantitative estimate of drug-likeness (QED) is 0.370. The Balaban J connectivity index is 1.61. The normalized spacial score (nSPS) is 10.8. The summed E-state index contributed by atoms with van der Waals surface area (Å²) in [6.07, 6.45) is 3.50. The molecule has 0 bridgehead atoms. The first-order valence-electron chi connectivity index (χ1n) is 9.89. The largest absolute Gasteiger partial charge is 0.507 e. The summed E-state index contributed by atoms with van der Waals surface area (Å²) in [4.78, 5) is 27.6. The number of hydrogen-bond donors (Lipinski definition) is 4. The highest BCUT2D eigenvalue weighted by atomic mass is 16.4. The fraction of sp³-hybridized carbons (Fsp3) is 0.0800. The van der Waals surface area contributed by atoms with Gasteiger partial charge in [-0.15, -0.1) is 0 Å². The van der Waals surface area contributed by atoms with E-state index in [0.717, 1.165) is 11.1 Å². The van der Waals surface area contributed by atoms with Gasteiger partial charge in [-0.25, -0.2) is 4.79 Å². The summed E-state index contributed by atoms with van der Waals surface area (Å²) in [6, 6.07) is 16.3. The number of phenolic OH excluding ortho intramolecular Hbond substituents is 2. The first-order valence-corrected chi connectivity index (χ1v) is 9.89. The van der Waals surface area contributed by atoms with Crippen molar-refractivity contribution in [1.29, 1.82) is 0 Å². The maximum Gasteiger partial charge on any atom is 0.335 e. The number of carboxylic acid groups (broad SMARTS) is 1. The molecule has 0 spiro atoms. The van der Waals surface area contributed by atoms with Crippen LogP contribution in [0.15, 0.2) is 73.1 Å². The van der Waals surface area contributed by atoms with Crippen molar-refractivity contribution in [1.82, 2.24) is 10.3 Å². The molecule has 0 aliphatic heterocycles. The third-order valence-electron chi connectivity index (χ3n) is 5.24. The van der Waals surface area contributed by atoms with Gasteiger partial charge in [0.15, 0.2) is 0 Å². The van der Waals surface area contributed by atoms with Crippen LogP contribution >= 0.6 is 0 Å². The topological polar surface area (TPSA) is 120 Å². The number of fused-ring (bicyclic) bond motifs is 1. The van der Waals surface area contributed by atoms with E-state index in [0.29, 0.717) is 28.4 Å². The number of aromatic nitrogens is 1. The lowest BCUT2D eigenvalue weighted by Gasteiger charge is -2.12. The lowest BCUT2D eigenvalue weighted by molar-refractivity contribution is 0.0696. The van der Waals surface area contributed by atoms with Crippen molar-refractivity contribution < 1.29 is 24.9 Å². The number of carbonyl (C=O) groups is 2. The Hall–Kier alpha value is -4.39. The molecule has 0 unspecified atom stereocenters. The number of pyridine rings is 1. The number of carbonyl (C=O) groups excluding carboxylic acids is 1. The molecule has 0 aliphatic rings. The minimum atomic E-state index is -1.03. The summed E-state index contributed by atoms with van der Waals surface area (Å²) in [5, 5.41) is 34.2. The van der Waals surface area contributed by atoms with Crippen LogP contribution in [-0.2, 0) is 13.0 Å². The summed E-state index contributed by atoms with van der Waals surface area (Å²) in [7, 11) is 0. The highest BCUT2D eigenvalue weighted by Gasteiger charge is 2.16. The number of aromatic carboxylic acids is 1. The van der Waals surface area contributed by atoms with Crippen LogP contribution in [-0.4, -0.2) is 32.2 Å². The van der Waals surface area contributed by atoms with Crippen molar-refractivity contribution in [2.75, 3.05) is 0 Å². The number of nitrogens with zero attached hydrogens (tertiary/aromatic N) is 1. The average molecular weight is 428 g/mol. The van der Waals surface area contributed by atoms with E-state index in [4.69, 9.17) is 5.11 Å². The molecule has 0 saturated heterocycles. The number of phenols is 2. The fourth-order valence-electron chi connectivity index (χ4n) is 3.48. The van der Waals surface area contributed by atoms with Gasteiger partial charge in [0.1, 0.15) is 11.5 Å². The number of carboxylic acids is 1. The van der Waals surface area contributed by atoms with Gasteiger partial charge in [-0.3, -0.25) is 9.78 Å². The van der Waals surface area contributed by atoms with Gasteiger partial charge in [-0.1, -0.05) is 18.2 Å². The Bertz CT molecular complexity index is 1300. The third kappa shape index (κ3) is 4.37. The van der Waals surface area contributed by atoms with Gasteiger partial charge in [-0.2, -0.15) is 0 Å². The molecular formula is C25H20N2O5. The highest BCUT2D eigenvalue weighted by molar-refractivity contribution is 6.01. The monoisotopic (exact) mass is 428 g/mol. The van der Waals surface area contributed by atoms with Crippen LogP contribution in [0.1, 0.15) is 37.4 Å². The minimum Gasteiger partial charge on any atom is -0.507 e. The summed E-state index contributed by atoms with van der Waals surface area (Å²) in [5.41, 5.74) is 2.48. The Morgan fingerprint density at radius 1 is 0.844 bits per heavy atom. The molecule has 7 heteroatoms. The molecule has 4 rings (SSSR count). The van der Waals surface area contributed by atoms with E-state index >= 15 is 0 Å². The molecule has 160 valence electrons. The second-order valence-corrected chi connectivity index (χ2v) is 7.38. The first-order chi connectivity index (χ1) is 15.4. The van der Waals surface area contributed by atoms with Gasteiger partial charge in [-0.05, 0) is 59.0 Å². The van der Waals surface area contributed by atoms with Crippen LogP contribution in [0.25, 0.3) is 10.8 Å². The van der Waals surface area contributed by atoms with E-state index in [1.54, 1.807) is 42.7 Å². The molecule has 3 aromatic carbocycles. The molecule has 32 heavy (non-hydrogen) atoms. The average Bonchev–Trinajstić information content (AvgIpc) is 2.81. The molecule has 0 saturated carbocycles. The van der Waals surface area contributed by atoms with Crippen molar-refractivity contribution in [3.8, 4) is 11.5 Å². The summed E-state index contributed by atoms with van der Waals surface area (Å²) < 4.78 is 0. The van der Waals surface area contributed by atoms with Crippen LogP contribution in [0.4, 0.5) is 0 Å². The standard InChI is InChI=1S/C25H20N2O5/c28-22-13-18-5-6-19(24(30)27-14-16-7-9-26-10-8-16)12-20(18)23(29)21(22)11-15-1-3-17(4-2-15)25(31)32/h1-10,12-13,28-29H,11,14H2,(H,27,30)(H,31,32). The van der Waals surface area contributed by atoms with Gasteiger partial charge in [0.2, 0.25) is 0 Å². The molecule has 0 fully saturated rings. The van der Waals surface area contributed by atoms with Crippen molar-refractivity contribution in [3.63, 3.8) is 0 Å². The Labute approximate surface area is 183 Å². The second-order valence-electron chi connectivity index (χ2n) is 7.38. The molecule has 7 nitrogen and oxygen atoms in total. The highest BCUT2D eigenvalue weighted by Crippen LogP contribution is 2.37. The van der Waals surface area contributed by atoms with E-state index in [2.05, 4.69) is 10.3 Å². The van der Waals surface area contributed by atoms with E-state index < -0.39 is 5.97 Å². The molecule has 1 heterocycles. The molecular weight excluding hydrogens is 408 g/mol. The lowest BCUT2D eigenvalue weighted by atomic mass is 9.96. The smallest absolute Gasteiger partial charge is 0.335 e. The summed E-state index contributed by atoms with van der Waals surface area (Å²) >= 11 is 0. The zero-order valence-electron chi connectivity index (χ0n) is 16.9. The number of aromatic hydroxyl groups is 2. The third-order valence-corrected chi connectivity index (χ3v) is 5.24. The Kier molecular flexibility index (Phi) is 5.72. The van der Waals surface area contributed by atoms with E-state index in [9.17, 15) is 19.8 Å². The fourth-order valence-corrected chi connectivity index (χ4v) is 3.48. The Morgan fingerprint density at radius 2 is 1.53 bits per heavy atom. The van der Waals surface area contributed by atoms with Crippen molar-refractivity contribution in [2.24, 2.45) is 0 Å². The molecule has 1 amide bonds. The summed E-state index contributed by atoms with van der Waals surface area (Å²) in [6.45, 7) is 0.346. The first kappa shape index (κ1) is 20.9. The maximum absolute atomic E-state index is 12.6. The zero-order valence-corrected chi connectivity index (χ0v) is 16.9. The molecule has 0 radical (unpaired) electrons. The molecule has 1 aromatic heterocycles. The number of amides is 1. The van der Waals surface area contributed by atoms with E-state index in [1.807, 2.05) is 12.1 Å². The van der Waals surface area contributed by atoms with Gasteiger partial charge < -0.3 is 20.6 Å². The minimum absolute atomic E-state index is 0.0767. The molecule has 4 aromatic rings. The van der Waals surface area contributed by atoms with E-state index in [1.165, 1.54) is 18.2 Å². The molecule has 4 N–H and O–H groups in total. The van der Waals surface area contributed by atoms with E-state index in [-0.39, 0.29) is 29.4 Å². The SMILES string of the molecule is O=C(O)c1ccc(Cc2c(O)cc3ccc(C(=O)NCc4ccncc4)cc3c2O)cc1.